The molecule has 5 nitrogen and oxygen atoms in total. The highest BCUT2D eigenvalue weighted by molar-refractivity contribution is 5.82. The summed E-state index contributed by atoms with van der Waals surface area (Å²) in [6.07, 6.45) is 1.01. The number of hydrogen-bond donors (Lipinski definition) is 2. The number of rotatable bonds is 6. The van der Waals surface area contributed by atoms with Crippen LogP contribution in [0.5, 0.6) is 0 Å². The van der Waals surface area contributed by atoms with Gasteiger partial charge in [-0.3, -0.25) is 5.43 Å². The average molecular weight is 264 g/mol. The minimum atomic E-state index is 0.341. The first-order valence-corrected chi connectivity index (χ1v) is 6.58. The van der Waals surface area contributed by atoms with E-state index in [1.807, 2.05) is 30.3 Å². The van der Waals surface area contributed by atoms with E-state index in [-0.39, 0.29) is 0 Å². The van der Waals surface area contributed by atoms with E-state index in [2.05, 4.69) is 29.2 Å². The van der Waals surface area contributed by atoms with Crippen LogP contribution >= 0.6 is 0 Å². The fourth-order valence-electron chi connectivity index (χ4n) is 1.75. The van der Waals surface area contributed by atoms with Gasteiger partial charge in [-0.15, -0.1) is 0 Å². The number of methoxy groups -OCH3 is 1. The molecule has 0 spiro atoms. The van der Waals surface area contributed by atoms with Crippen molar-refractivity contribution in [3.63, 3.8) is 0 Å². The highest BCUT2D eigenvalue weighted by atomic mass is 16.5. The van der Waals surface area contributed by atoms with E-state index >= 15 is 0 Å². The lowest BCUT2D eigenvalue weighted by Crippen LogP contribution is -2.49. The van der Waals surface area contributed by atoms with E-state index in [0.717, 1.165) is 18.7 Å². The number of nitrogens with one attached hydrogen (secondary N) is 1. The first kappa shape index (κ1) is 15.5. The number of ether oxygens (including phenoxy) is 1. The maximum Gasteiger partial charge on any atom is 0.213 e. The summed E-state index contributed by atoms with van der Waals surface area (Å²) in [4.78, 5) is 6.67. The largest absolute Gasteiger partial charge is 0.383 e. The van der Waals surface area contributed by atoms with Crippen molar-refractivity contribution >= 4 is 11.6 Å². The molecule has 1 unspecified atom stereocenters. The second-order valence-electron chi connectivity index (χ2n) is 4.36. The van der Waals surface area contributed by atoms with Gasteiger partial charge in [-0.2, -0.15) is 0 Å². The highest BCUT2D eigenvalue weighted by Gasteiger charge is 2.16. The summed E-state index contributed by atoms with van der Waals surface area (Å²) in [5.74, 6) is 6.29. The first-order valence-electron chi connectivity index (χ1n) is 6.58. The summed E-state index contributed by atoms with van der Waals surface area (Å²) in [7, 11) is 1.69. The zero-order valence-corrected chi connectivity index (χ0v) is 12.0. The lowest BCUT2D eigenvalue weighted by atomic mass is 10.2. The molecule has 1 atom stereocenters. The molecule has 19 heavy (non-hydrogen) atoms. The number of hydrogen-bond acceptors (Lipinski definition) is 3. The lowest BCUT2D eigenvalue weighted by Gasteiger charge is -2.30. The Kier molecular flexibility index (Phi) is 6.92. The van der Waals surface area contributed by atoms with Gasteiger partial charge < -0.3 is 9.64 Å². The molecule has 0 fully saturated rings. The number of nitrogens with two attached hydrogens (primary N) is 1. The maximum absolute atomic E-state index is 5.62. The van der Waals surface area contributed by atoms with E-state index in [1.165, 1.54) is 0 Å². The van der Waals surface area contributed by atoms with E-state index < -0.39 is 0 Å². The fraction of sp³-hybridized carbons (Fsp3) is 0.500. The Morgan fingerprint density at radius 3 is 2.63 bits per heavy atom. The zero-order chi connectivity index (χ0) is 14.1. The van der Waals surface area contributed by atoms with Crippen LogP contribution in [0, 0.1) is 0 Å². The van der Waals surface area contributed by atoms with Crippen LogP contribution in [0.4, 0.5) is 5.69 Å². The van der Waals surface area contributed by atoms with Gasteiger partial charge in [-0.1, -0.05) is 25.1 Å². The first-order chi connectivity index (χ1) is 9.22. The molecule has 3 N–H and O–H groups in total. The van der Waals surface area contributed by atoms with Gasteiger partial charge in [0, 0.05) is 19.7 Å². The summed E-state index contributed by atoms with van der Waals surface area (Å²) < 4.78 is 5.15. The maximum atomic E-state index is 5.62. The van der Waals surface area contributed by atoms with Crippen molar-refractivity contribution in [1.82, 2.24) is 10.3 Å². The molecule has 106 valence electrons. The van der Waals surface area contributed by atoms with Gasteiger partial charge in [0.25, 0.3) is 0 Å². The monoisotopic (exact) mass is 264 g/mol. The summed E-state index contributed by atoms with van der Waals surface area (Å²) in [5.41, 5.74) is 3.57. The molecule has 0 aliphatic rings. The van der Waals surface area contributed by atoms with Crippen LogP contribution in [0.15, 0.2) is 35.3 Å². The van der Waals surface area contributed by atoms with Gasteiger partial charge in [0.1, 0.15) is 0 Å². The van der Waals surface area contributed by atoms with Gasteiger partial charge in [0.2, 0.25) is 5.96 Å². The van der Waals surface area contributed by atoms with Gasteiger partial charge >= 0.3 is 0 Å². The predicted octanol–water partition coefficient (Wildman–Crippen LogP) is 1.88. The van der Waals surface area contributed by atoms with Crippen molar-refractivity contribution in [2.75, 3.05) is 20.3 Å². The molecule has 1 aromatic rings. The normalized spacial score (nSPS) is 13.2. The Bertz CT molecular complexity index is 380. The average Bonchev–Trinajstić information content (AvgIpc) is 2.46. The number of hydrazine groups is 1. The lowest BCUT2D eigenvalue weighted by molar-refractivity contribution is 0.161. The van der Waals surface area contributed by atoms with Gasteiger partial charge in [0.15, 0.2) is 0 Å². The topological polar surface area (TPSA) is 62.9 Å². The molecule has 0 amide bonds. The van der Waals surface area contributed by atoms with Crippen molar-refractivity contribution in [1.29, 1.82) is 0 Å². The number of guanidine groups is 1. The summed E-state index contributed by atoms with van der Waals surface area (Å²) in [5, 5.41) is 0. The third-order valence-electron chi connectivity index (χ3n) is 3.05. The van der Waals surface area contributed by atoms with Crippen molar-refractivity contribution in [3.8, 4) is 0 Å². The van der Waals surface area contributed by atoms with Crippen LogP contribution in [-0.4, -0.2) is 37.2 Å². The molecule has 0 radical (unpaired) electrons. The molecule has 0 aliphatic carbocycles. The van der Waals surface area contributed by atoms with E-state index in [1.54, 1.807) is 7.11 Å². The number of aliphatic imine (C=N–C) groups is 1. The summed E-state index contributed by atoms with van der Waals surface area (Å²) in [6.45, 7) is 5.68. The van der Waals surface area contributed by atoms with E-state index in [4.69, 9.17) is 10.6 Å². The summed E-state index contributed by atoms with van der Waals surface area (Å²) in [6, 6.07) is 10.1. The Morgan fingerprint density at radius 2 is 2.11 bits per heavy atom. The minimum Gasteiger partial charge on any atom is -0.383 e. The van der Waals surface area contributed by atoms with Gasteiger partial charge in [0.05, 0.1) is 12.3 Å². The number of benzene rings is 1. The van der Waals surface area contributed by atoms with Gasteiger partial charge in [-0.05, 0) is 25.5 Å². The van der Waals surface area contributed by atoms with Crippen molar-refractivity contribution in [2.45, 2.75) is 26.3 Å². The zero-order valence-electron chi connectivity index (χ0n) is 12.0. The van der Waals surface area contributed by atoms with E-state index in [0.29, 0.717) is 18.6 Å². The number of nitrogens with zero attached hydrogens (tertiary/aromatic N) is 2. The molecule has 0 aromatic heterocycles. The van der Waals surface area contributed by atoms with Crippen LogP contribution in [0.1, 0.15) is 20.3 Å². The van der Waals surface area contributed by atoms with Gasteiger partial charge in [-0.25, -0.2) is 10.8 Å². The Labute approximate surface area is 115 Å². The molecule has 1 rings (SSSR count). The molecule has 0 saturated carbocycles. The van der Waals surface area contributed by atoms with Crippen LogP contribution in [-0.2, 0) is 4.74 Å². The summed E-state index contributed by atoms with van der Waals surface area (Å²) >= 11 is 0. The molecule has 0 aliphatic heterocycles. The van der Waals surface area contributed by atoms with Crippen LogP contribution in [0.25, 0.3) is 0 Å². The van der Waals surface area contributed by atoms with Crippen LogP contribution < -0.4 is 11.3 Å². The molecule has 0 saturated heterocycles. The molecule has 5 heteroatoms. The van der Waals surface area contributed by atoms with Crippen LogP contribution in [0.3, 0.4) is 0 Å². The molecule has 1 aromatic carbocycles. The highest BCUT2D eigenvalue weighted by Crippen LogP contribution is 2.12. The second kappa shape index (κ2) is 8.50. The standard InChI is InChI=1S/C14H24N4O/c1-4-12(2)18(10-11-19-3)14(17-15)16-13-8-6-5-7-9-13/h5-9,12H,4,10-11,15H2,1-3H3,(H,16,17). The molecule has 0 heterocycles. The SMILES string of the molecule is CCC(C)N(CCOC)C(=Nc1ccccc1)NN. The smallest absolute Gasteiger partial charge is 0.213 e. The Hall–Kier alpha value is -1.59. The van der Waals surface area contributed by atoms with Crippen molar-refractivity contribution in [3.05, 3.63) is 30.3 Å². The van der Waals surface area contributed by atoms with E-state index in [9.17, 15) is 0 Å². The second-order valence-corrected chi connectivity index (χ2v) is 4.36. The Balaban J connectivity index is 2.91. The molecule has 0 bridgehead atoms. The third-order valence-corrected chi connectivity index (χ3v) is 3.05. The third kappa shape index (κ3) is 4.89. The molecular formula is C14H24N4O. The fourth-order valence-corrected chi connectivity index (χ4v) is 1.75. The quantitative estimate of drug-likeness (QED) is 0.356. The number of para-hydroxylation sites is 1. The molecular weight excluding hydrogens is 240 g/mol. The predicted molar refractivity (Wildman–Crippen MR) is 79.2 cm³/mol. The minimum absolute atomic E-state index is 0.341. The van der Waals surface area contributed by atoms with Crippen molar-refractivity contribution < 1.29 is 4.74 Å². The van der Waals surface area contributed by atoms with Crippen LogP contribution in [0.2, 0.25) is 0 Å². The van der Waals surface area contributed by atoms with Crippen molar-refractivity contribution in [2.24, 2.45) is 10.8 Å². The Morgan fingerprint density at radius 1 is 1.42 bits per heavy atom.